The molecule has 0 amide bonds. The Hall–Kier alpha value is -0.790. The molecule has 0 aliphatic heterocycles. The molecule has 19 heavy (non-hydrogen) atoms. The van der Waals surface area contributed by atoms with Crippen LogP contribution in [0.15, 0.2) is 29.1 Å². The molecule has 0 aliphatic carbocycles. The number of aliphatic hydroxyl groups is 2. The number of hydrogen-bond acceptors (Lipinski definition) is 7. The van der Waals surface area contributed by atoms with Crippen molar-refractivity contribution < 1.29 is 10.2 Å². The first kappa shape index (κ1) is 14.6. The van der Waals surface area contributed by atoms with Crippen molar-refractivity contribution in [3.05, 3.63) is 34.6 Å². The van der Waals surface area contributed by atoms with E-state index in [-0.39, 0.29) is 24.1 Å². The Kier molecular flexibility index (Phi) is 4.70. The molecular formula is C10H12N3O3PS2. The highest BCUT2D eigenvalue weighted by atomic mass is 32.9. The van der Waals surface area contributed by atoms with E-state index >= 15 is 0 Å². The zero-order valence-electron chi connectivity index (χ0n) is 9.84. The van der Waals surface area contributed by atoms with Gasteiger partial charge in [0.1, 0.15) is 5.52 Å². The van der Waals surface area contributed by atoms with Crippen molar-refractivity contribution in [2.75, 3.05) is 12.7 Å². The lowest BCUT2D eigenvalue weighted by Crippen LogP contribution is -2.23. The summed E-state index contributed by atoms with van der Waals surface area (Å²) in [6, 6.07) is 6.94. The number of aliphatic hydroxyl groups excluding tert-OH is 2. The molecule has 1 aromatic carbocycles. The fourth-order valence-corrected chi connectivity index (χ4v) is 4.01. The van der Waals surface area contributed by atoms with Crippen LogP contribution in [0.25, 0.3) is 10.9 Å². The summed E-state index contributed by atoms with van der Waals surface area (Å²) in [5, 5.41) is 24.2. The Morgan fingerprint density at radius 2 is 2.00 bits per heavy atom. The van der Waals surface area contributed by atoms with E-state index in [2.05, 4.69) is 10.3 Å². The third-order valence-corrected chi connectivity index (χ3v) is 8.26. The number of hydrogen-bond donors (Lipinski definition) is 2. The molecule has 2 N–H and O–H groups in total. The van der Waals surface area contributed by atoms with Gasteiger partial charge in [-0.2, -0.15) is 0 Å². The molecule has 0 saturated heterocycles. The van der Waals surface area contributed by atoms with Gasteiger partial charge in [-0.1, -0.05) is 40.5 Å². The highest BCUT2D eigenvalue weighted by Gasteiger charge is 2.16. The van der Waals surface area contributed by atoms with Crippen molar-refractivity contribution in [3.63, 3.8) is 0 Å². The maximum atomic E-state index is 12.1. The maximum absolute atomic E-state index is 12.1. The van der Waals surface area contributed by atoms with Gasteiger partial charge in [0.2, 0.25) is 0 Å². The molecule has 0 radical (unpaired) electrons. The van der Waals surface area contributed by atoms with Gasteiger partial charge in [-0.3, -0.25) is 4.79 Å². The highest BCUT2D eigenvalue weighted by Crippen LogP contribution is 2.57. The van der Waals surface area contributed by atoms with Crippen LogP contribution in [0, 0.1) is 0 Å². The molecule has 2 rings (SSSR count). The van der Waals surface area contributed by atoms with Gasteiger partial charge in [0.05, 0.1) is 29.2 Å². The summed E-state index contributed by atoms with van der Waals surface area (Å²) >= 11 is 6.34. The van der Waals surface area contributed by atoms with Crippen LogP contribution in [0.5, 0.6) is 0 Å². The van der Waals surface area contributed by atoms with Crippen molar-refractivity contribution >= 4 is 39.3 Å². The molecule has 102 valence electrons. The molecule has 0 bridgehead atoms. The molecule has 6 nitrogen and oxygen atoms in total. The van der Waals surface area contributed by atoms with Crippen LogP contribution in [-0.2, 0) is 17.7 Å². The Morgan fingerprint density at radius 3 is 2.68 bits per heavy atom. The lowest BCUT2D eigenvalue weighted by atomic mass is 10.2. The summed E-state index contributed by atoms with van der Waals surface area (Å²) in [7, 11) is 0. The van der Waals surface area contributed by atoms with Crippen molar-refractivity contribution in [2.45, 2.75) is 5.88 Å². The normalized spacial score (nSPS) is 11.9. The number of fused-ring (bicyclic) bond motifs is 1. The van der Waals surface area contributed by atoms with E-state index in [0.717, 1.165) is 0 Å². The van der Waals surface area contributed by atoms with Gasteiger partial charge in [0.15, 0.2) is 0 Å². The van der Waals surface area contributed by atoms with E-state index in [1.807, 2.05) is 0 Å². The largest absolute Gasteiger partial charge is 0.390 e. The zero-order valence-corrected chi connectivity index (χ0v) is 12.4. The molecule has 0 spiro atoms. The van der Waals surface area contributed by atoms with Gasteiger partial charge in [0.25, 0.3) is 5.56 Å². The van der Waals surface area contributed by atoms with Crippen LogP contribution in [0.2, 0.25) is 0 Å². The first-order valence-electron chi connectivity index (χ1n) is 5.36. The third-order valence-electron chi connectivity index (χ3n) is 2.48. The predicted octanol–water partition coefficient (Wildman–Crippen LogP) is 0.776. The first-order valence-corrected chi connectivity index (χ1v) is 10.1. The average molecular weight is 317 g/mol. The Labute approximate surface area is 118 Å². The number of nitrogens with zero attached hydrogens (tertiary/aromatic N) is 3. The van der Waals surface area contributed by atoms with Crippen LogP contribution in [0.3, 0.4) is 0 Å². The molecule has 0 unspecified atom stereocenters. The topological polar surface area (TPSA) is 88.2 Å². The van der Waals surface area contributed by atoms with E-state index in [9.17, 15) is 4.79 Å². The second kappa shape index (κ2) is 6.11. The molecule has 0 atom stereocenters. The minimum absolute atomic E-state index is 0.176. The summed E-state index contributed by atoms with van der Waals surface area (Å²) in [4.78, 5) is 12.1. The van der Waals surface area contributed by atoms with Crippen molar-refractivity contribution in [1.29, 1.82) is 0 Å². The van der Waals surface area contributed by atoms with Gasteiger partial charge < -0.3 is 10.2 Å². The number of rotatable bonds is 5. The Bertz CT molecular complexity index is 683. The van der Waals surface area contributed by atoms with Crippen LogP contribution in [-0.4, -0.2) is 37.9 Å². The monoisotopic (exact) mass is 317 g/mol. The Balaban J connectivity index is 2.30. The van der Waals surface area contributed by atoms with Crippen molar-refractivity contribution in [3.8, 4) is 0 Å². The van der Waals surface area contributed by atoms with Crippen molar-refractivity contribution in [1.82, 2.24) is 15.0 Å². The fraction of sp³-hybridized carbons (Fsp3) is 0.300. The second-order valence-corrected chi connectivity index (χ2v) is 12.1. The predicted molar refractivity (Wildman–Crippen MR) is 79.8 cm³/mol. The van der Waals surface area contributed by atoms with Gasteiger partial charge in [-0.15, -0.1) is 5.10 Å². The summed E-state index contributed by atoms with van der Waals surface area (Å²) in [6.07, 6.45) is -0.501. The van der Waals surface area contributed by atoms with Gasteiger partial charge >= 0.3 is 0 Å². The van der Waals surface area contributed by atoms with E-state index in [0.29, 0.717) is 10.9 Å². The van der Waals surface area contributed by atoms with E-state index in [4.69, 9.17) is 22.0 Å². The molecule has 0 fully saturated rings. The summed E-state index contributed by atoms with van der Waals surface area (Å²) in [5.41, 5.74) is 0.285. The average Bonchev–Trinajstić information content (AvgIpc) is 2.46. The van der Waals surface area contributed by atoms with Gasteiger partial charge in [-0.25, -0.2) is 4.68 Å². The SMILES string of the molecule is O=c1c2ccccc2nnn1CSP(=S)(CO)CO. The fourth-order valence-electron chi connectivity index (χ4n) is 1.39. The van der Waals surface area contributed by atoms with Gasteiger partial charge in [-0.05, 0) is 12.1 Å². The molecule has 2 aromatic rings. The summed E-state index contributed by atoms with van der Waals surface area (Å²) < 4.78 is 1.19. The van der Waals surface area contributed by atoms with E-state index < -0.39 is 5.24 Å². The first-order chi connectivity index (χ1) is 9.09. The van der Waals surface area contributed by atoms with Crippen LogP contribution in [0.4, 0.5) is 0 Å². The van der Waals surface area contributed by atoms with E-state index in [1.165, 1.54) is 16.1 Å². The lowest BCUT2D eigenvalue weighted by molar-refractivity contribution is 0.346. The lowest BCUT2D eigenvalue weighted by Gasteiger charge is -2.15. The standard InChI is InChI=1S/C10H12N3O3PS2/c14-6-17(18,7-15)19-5-13-10(16)8-3-1-2-4-9(8)11-12-13/h1-4,14-15H,5-7H2. The quantitative estimate of drug-likeness (QED) is 0.788. The van der Waals surface area contributed by atoms with Crippen molar-refractivity contribution in [2.24, 2.45) is 0 Å². The molecule has 1 aromatic heterocycles. The number of benzene rings is 1. The van der Waals surface area contributed by atoms with Crippen LogP contribution < -0.4 is 5.56 Å². The number of aromatic nitrogens is 3. The van der Waals surface area contributed by atoms with Crippen LogP contribution in [0.1, 0.15) is 0 Å². The minimum atomic E-state index is -2.29. The molecule has 0 saturated carbocycles. The second-order valence-electron chi connectivity index (χ2n) is 3.77. The smallest absolute Gasteiger partial charge is 0.278 e. The van der Waals surface area contributed by atoms with E-state index in [1.54, 1.807) is 24.3 Å². The zero-order chi connectivity index (χ0) is 13.9. The summed E-state index contributed by atoms with van der Waals surface area (Å²) in [5.74, 6) is 0.176. The molecule has 1 heterocycles. The maximum Gasteiger partial charge on any atom is 0.278 e. The third kappa shape index (κ3) is 3.21. The minimum Gasteiger partial charge on any atom is -0.390 e. The molecule has 9 heteroatoms. The summed E-state index contributed by atoms with van der Waals surface area (Å²) in [6.45, 7) is 0. The molecule has 0 aliphatic rings. The highest BCUT2D eigenvalue weighted by molar-refractivity contribution is 8.70. The van der Waals surface area contributed by atoms with Crippen LogP contribution >= 0.6 is 16.6 Å². The van der Waals surface area contributed by atoms with Gasteiger partial charge in [0, 0.05) is 0 Å². The Morgan fingerprint density at radius 1 is 1.32 bits per heavy atom. The molecular weight excluding hydrogens is 305 g/mol.